The minimum absolute atomic E-state index is 0.0147. The topological polar surface area (TPSA) is 202 Å². The first-order chi connectivity index (χ1) is 23.6. The highest BCUT2D eigenvalue weighted by Crippen LogP contribution is 2.34. The molecule has 3 aliphatic heterocycles. The van der Waals surface area contributed by atoms with E-state index in [2.05, 4.69) is 20.4 Å². The molecule has 0 bridgehead atoms. The lowest BCUT2D eigenvalue weighted by Crippen LogP contribution is -2.54. The molecular weight excluding hydrogens is 632 g/mol. The molecule has 3 aliphatic rings. The number of ketones is 2. The third kappa shape index (κ3) is 7.04. The summed E-state index contributed by atoms with van der Waals surface area (Å²) in [6, 6.07) is 12.2. The van der Waals surface area contributed by atoms with E-state index in [4.69, 9.17) is 10.5 Å². The number of benzene rings is 2. The summed E-state index contributed by atoms with van der Waals surface area (Å²) in [4.78, 5) is 78.8. The fourth-order valence-corrected chi connectivity index (χ4v) is 6.64. The Kier molecular flexibility index (Phi) is 9.76. The average Bonchev–Trinajstić information content (AvgIpc) is 3.34. The normalized spacial score (nSPS) is 18.1. The number of aromatic hydroxyl groups is 1. The van der Waals surface area contributed by atoms with Crippen molar-refractivity contribution in [3.63, 3.8) is 0 Å². The predicted octanol–water partition coefficient (Wildman–Crippen LogP) is 2.23. The Morgan fingerprint density at radius 2 is 1.71 bits per heavy atom. The summed E-state index contributed by atoms with van der Waals surface area (Å²) >= 11 is 0. The molecule has 0 spiro atoms. The Morgan fingerprint density at radius 3 is 2.47 bits per heavy atom. The van der Waals surface area contributed by atoms with Crippen molar-refractivity contribution >= 4 is 46.7 Å². The SMILES string of the molecule is Nc1nnc(-c2ccccc2O)cc1N1CCC(C(=O)CCCOCC(=O)Cc2cccc3c2C(=O)N(C2CCC(=O)NC2=O)C3=O)CC1. The average molecular weight is 669 g/mol. The Morgan fingerprint density at radius 1 is 0.959 bits per heavy atom. The number of hydrogen-bond donors (Lipinski definition) is 3. The lowest BCUT2D eigenvalue weighted by atomic mass is 9.90. The molecule has 1 atom stereocenters. The number of Topliss-reactive ketones (excluding diaryl/α,β-unsaturated/α-hetero) is 2. The third-order valence-corrected chi connectivity index (χ3v) is 9.19. The summed E-state index contributed by atoms with van der Waals surface area (Å²) in [6.07, 6.45) is 1.97. The molecule has 1 aromatic heterocycles. The van der Waals surface area contributed by atoms with Crippen molar-refractivity contribution in [1.29, 1.82) is 0 Å². The number of para-hydroxylation sites is 1. The van der Waals surface area contributed by atoms with Crippen LogP contribution in [0.3, 0.4) is 0 Å². The van der Waals surface area contributed by atoms with Crippen molar-refractivity contribution in [2.24, 2.45) is 5.92 Å². The molecule has 49 heavy (non-hydrogen) atoms. The van der Waals surface area contributed by atoms with Crippen LogP contribution in [0.4, 0.5) is 11.5 Å². The molecule has 4 amide bonds. The van der Waals surface area contributed by atoms with Crippen LogP contribution in [-0.2, 0) is 30.3 Å². The van der Waals surface area contributed by atoms with Gasteiger partial charge in [0, 0.05) is 50.4 Å². The van der Waals surface area contributed by atoms with E-state index in [1.54, 1.807) is 42.5 Å². The zero-order valence-electron chi connectivity index (χ0n) is 26.7. The number of imide groups is 2. The number of nitrogens with one attached hydrogen (secondary N) is 1. The maximum absolute atomic E-state index is 13.3. The summed E-state index contributed by atoms with van der Waals surface area (Å²) in [5, 5.41) is 20.6. The van der Waals surface area contributed by atoms with E-state index in [1.165, 1.54) is 6.07 Å². The van der Waals surface area contributed by atoms with Gasteiger partial charge in [-0.25, -0.2) is 0 Å². The van der Waals surface area contributed by atoms with Gasteiger partial charge in [0.05, 0.1) is 22.5 Å². The molecule has 2 fully saturated rings. The highest BCUT2D eigenvalue weighted by Gasteiger charge is 2.45. The molecule has 14 heteroatoms. The van der Waals surface area contributed by atoms with E-state index in [0.717, 1.165) is 4.90 Å². The molecule has 14 nitrogen and oxygen atoms in total. The molecular formula is C35H36N6O8. The van der Waals surface area contributed by atoms with Crippen molar-refractivity contribution in [3.8, 4) is 17.0 Å². The second-order valence-corrected chi connectivity index (χ2v) is 12.4. The van der Waals surface area contributed by atoms with Crippen molar-refractivity contribution in [1.82, 2.24) is 20.4 Å². The van der Waals surface area contributed by atoms with Gasteiger partial charge in [0.25, 0.3) is 11.8 Å². The predicted molar refractivity (Wildman–Crippen MR) is 175 cm³/mol. The number of phenols is 1. The van der Waals surface area contributed by atoms with Gasteiger partial charge in [0.2, 0.25) is 11.8 Å². The fourth-order valence-electron chi connectivity index (χ4n) is 6.64. The number of nitrogens with zero attached hydrogens (tertiary/aromatic N) is 4. The molecule has 0 saturated carbocycles. The minimum Gasteiger partial charge on any atom is -0.507 e. The van der Waals surface area contributed by atoms with Gasteiger partial charge < -0.3 is 20.5 Å². The summed E-state index contributed by atoms with van der Waals surface area (Å²) < 4.78 is 5.56. The monoisotopic (exact) mass is 668 g/mol. The van der Waals surface area contributed by atoms with Gasteiger partial charge in [-0.2, -0.15) is 0 Å². The number of nitrogens with two attached hydrogens (primary N) is 1. The van der Waals surface area contributed by atoms with Gasteiger partial charge in [-0.3, -0.25) is 39.0 Å². The number of hydrogen-bond acceptors (Lipinski definition) is 12. The van der Waals surface area contributed by atoms with Crippen LogP contribution in [-0.4, -0.2) is 87.7 Å². The number of fused-ring (bicyclic) bond motifs is 1. The molecule has 1 unspecified atom stereocenters. The van der Waals surface area contributed by atoms with E-state index in [1.807, 2.05) is 0 Å². The third-order valence-electron chi connectivity index (χ3n) is 9.19. The number of nitrogen functional groups attached to an aromatic ring is 1. The minimum atomic E-state index is -1.09. The van der Waals surface area contributed by atoms with Crippen molar-refractivity contribution in [3.05, 3.63) is 65.2 Å². The highest BCUT2D eigenvalue weighted by molar-refractivity contribution is 6.24. The number of ether oxygens (including phenoxy) is 1. The lowest BCUT2D eigenvalue weighted by molar-refractivity contribution is -0.136. The van der Waals surface area contributed by atoms with Crippen LogP contribution in [0.5, 0.6) is 5.75 Å². The highest BCUT2D eigenvalue weighted by atomic mass is 16.5. The van der Waals surface area contributed by atoms with Gasteiger partial charge in [-0.15, -0.1) is 10.2 Å². The Hall–Kier alpha value is -5.50. The first-order valence-corrected chi connectivity index (χ1v) is 16.2. The number of piperidine rings is 2. The lowest BCUT2D eigenvalue weighted by Gasteiger charge is -2.33. The largest absolute Gasteiger partial charge is 0.507 e. The van der Waals surface area contributed by atoms with Crippen LogP contribution in [0.25, 0.3) is 11.3 Å². The molecule has 4 N–H and O–H groups in total. The van der Waals surface area contributed by atoms with Crippen LogP contribution >= 0.6 is 0 Å². The smallest absolute Gasteiger partial charge is 0.262 e. The molecule has 0 radical (unpaired) electrons. The summed E-state index contributed by atoms with van der Waals surface area (Å²) in [5.74, 6) is -2.35. The van der Waals surface area contributed by atoms with Crippen LogP contribution in [0.2, 0.25) is 0 Å². The van der Waals surface area contributed by atoms with Gasteiger partial charge in [0.1, 0.15) is 24.2 Å². The maximum atomic E-state index is 13.3. The molecule has 2 saturated heterocycles. The first-order valence-electron chi connectivity index (χ1n) is 16.2. The summed E-state index contributed by atoms with van der Waals surface area (Å²) in [6.45, 7) is 1.21. The number of carbonyl (C=O) groups is 6. The molecule has 254 valence electrons. The van der Waals surface area contributed by atoms with Gasteiger partial charge in [0.15, 0.2) is 11.6 Å². The van der Waals surface area contributed by atoms with Crippen molar-refractivity contribution in [2.75, 3.05) is 36.9 Å². The van der Waals surface area contributed by atoms with Gasteiger partial charge in [-0.1, -0.05) is 24.3 Å². The van der Waals surface area contributed by atoms with Crippen molar-refractivity contribution < 1.29 is 38.6 Å². The number of carbonyl (C=O) groups excluding carboxylic acids is 6. The number of phenolic OH excluding ortho intramolecular Hbond substituents is 1. The van der Waals surface area contributed by atoms with Crippen LogP contribution in [0.15, 0.2) is 48.5 Å². The number of aromatic nitrogens is 2. The molecule has 2 aromatic carbocycles. The number of amides is 4. The summed E-state index contributed by atoms with van der Waals surface area (Å²) in [7, 11) is 0. The first kappa shape index (κ1) is 33.4. The zero-order chi connectivity index (χ0) is 34.7. The Balaban J connectivity index is 0.942. The van der Waals surface area contributed by atoms with E-state index in [9.17, 15) is 33.9 Å². The van der Waals surface area contributed by atoms with Crippen LogP contribution in [0.1, 0.15) is 64.8 Å². The van der Waals surface area contributed by atoms with E-state index in [0.29, 0.717) is 61.3 Å². The molecule has 0 aliphatic carbocycles. The molecule has 4 heterocycles. The maximum Gasteiger partial charge on any atom is 0.262 e. The number of anilines is 2. The van der Waals surface area contributed by atoms with E-state index in [-0.39, 0.29) is 72.7 Å². The zero-order valence-corrected chi connectivity index (χ0v) is 26.7. The van der Waals surface area contributed by atoms with Gasteiger partial charge >= 0.3 is 0 Å². The standard InChI is InChI=1S/C35H36N6O8/c36-32-27(18-25(38-39-32)23-6-1-2-8-29(23)44)40-14-12-20(13-15-40)28(43)9-4-16-49-19-22(42)17-21-5-3-7-24-31(21)35(48)41(34(24)47)26-10-11-30(45)37-33(26)46/h1-3,5-8,18,20,26,44H,4,9-17,19H2,(H2,36,39)(H,37,45,46). The van der Waals surface area contributed by atoms with Crippen molar-refractivity contribution in [2.45, 2.75) is 51.0 Å². The Labute approximate surface area is 281 Å². The molecule has 3 aromatic rings. The van der Waals surface area contributed by atoms with Crippen LogP contribution in [0, 0.1) is 5.92 Å². The van der Waals surface area contributed by atoms with E-state index < -0.39 is 29.7 Å². The molecule has 6 rings (SSSR count). The van der Waals surface area contributed by atoms with Gasteiger partial charge in [-0.05, 0) is 55.5 Å². The summed E-state index contributed by atoms with van der Waals surface area (Å²) in [5.41, 5.74) is 8.46. The number of rotatable bonds is 12. The van der Waals surface area contributed by atoms with E-state index >= 15 is 0 Å². The van der Waals surface area contributed by atoms with Crippen LogP contribution < -0.4 is 16.0 Å². The quantitative estimate of drug-likeness (QED) is 0.188. The second-order valence-electron chi connectivity index (χ2n) is 12.4. The fraction of sp³-hybridized carbons (Fsp3) is 0.371. The Bertz CT molecular complexity index is 1840. The second kappa shape index (κ2) is 14.3.